The second-order valence-corrected chi connectivity index (χ2v) is 8.75. The average molecular weight is 473 g/mol. The number of carbonyl (C=O) groups excluding carboxylic acids is 1. The Labute approximate surface area is 184 Å². The van der Waals surface area contributed by atoms with Gasteiger partial charge in [-0.3, -0.25) is 9.78 Å². The van der Waals surface area contributed by atoms with Crippen LogP contribution in [0.3, 0.4) is 0 Å². The molecule has 0 aliphatic heterocycles. The quantitative estimate of drug-likeness (QED) is 0.405. The van der Waals surface area contributed by atoms with Crippen LogP contribution in [0.15, 0.2) is 30.7 Å². The van der Waals surface area contributed by atoms with Gasteiger partial charge in [0.25, 0.3) is 6.43 Å². The Bertz CT molecular complexity index is 1120. The molecule has 0 aromatic carbocycles. The van der Waals surface area contributed by atoms with Gasteiger partial charge in [-0.2, -0.15) is 30.0 Å². The maximum atomic E-state index is 12.8. The summed E-state index contributed by atoms with van der Waals surface area (Å²) in [5.41, 5.74) is 1.55. The minimum Gasteiger partial charge on any atom is -0.329 e. The Hall–Kier alpha value is -2.76. The first-order valence-corrected chi connectivity index (χ1v) is 10.7. The number of hydrogen-bond donors (Lipinski definition) is 1. The molecule has 0 spiro atoms. The molecule has 1 aliphatic rings. The minimum absolute atomic E-state index is 0.0576. The summed E-state index contributed by atoms with van der Waals surface area (Å²) in [7, 11) is 0. The van der Waals surface area contributed by atoms with E-state index in [0.29, 0.717) is 17.3 Å². The molecule has 0 saturated carbocycles. The summed E-state index contributed by atoms with van der Waals surface area (Å²) in [4.78, 5) is 17.1. The van der Waals surface area contributed by atoms with Gasteiger partial charge in [0.05, 0.1) is 12.4 Å². The highest BCUT2D eigenvalue weighted by Crippen LogP contribution is 2.51. The molecule has 172 valence electrons. The molecule has 12 heteroatoms. The fraction of sp³-hybridized carbons (Fsp3) is 0.400. The molecule has 0 radical (unpaired) electrons. The van der Waals surface area contributed by atoms with Gasteiger partial charge in [-0.15, -0.1) is 0 Å². The predicted molar refractivity (Wildman–Crippen MR) is 111 cm³/mol. The largest absolute Gasteiger partial charge is 0.433 e. The third kappa shape index (κ3) is 4.84. The number of fused-ring (bicyclic) bond motifs is 3. The molecule has 1 atom stereocenters. The molecule has 1 aliphatic carbocycles. The Morgan fingerprint density at radius 1 is 1.34 bits per heavy atom. The molecule has 3 heterocycles. The summed E-state index contributed by atoms with van der Waals surface area (Å²) in [6.45, 7) is 4.28. The van der Waals surface area contributed by atoms with Crippen molar-refractivity contribution in [2.75, 3.05) is 11.6 Å². The van der Waals surface area contributed by atoms with Crippen LogP contribution in [0.1, 0.15) is 54.5 Å². The van der Waals surface area contributed by atoms with Crippen LogP contribution in [-0.2, 0) is 16.4 Å². The number of hydrogen-bond acceptors (Lipinski definition) is 5. The number of amides is 1. The van der Waals surface area contributed by atoms with Crippen LogP contribution in [0.2, 0.25) is 0 Å². The molecule has 1 unspecified atom stereocenters. The highest BCUT2D eigenvalue weighted by atomic mass is 32.2. The van der Waals surface area contributed by atoms with Crippen molar-refractivity contribution >= 4 is 29.5 Å². The molecule has 0 saturated heterocycles. The number of aromatic nitrogens is 4. The predicted octanol–water partition coefficient (Wildman–Crippen LogP) is 5.42. The van der Waals surface area contributed by atoms with E-state index in [1.54, 1.807) is 18.0 Å². The second kappa shape index (κ2) is 9.00. The smallest absolute Gasteiger partial charge is 0.329 e. The highest BCUT2D eigenvalue weighted by Gasteiger charge is 2.39. The summed E-state index contributed by atoms with van der Waals surface area (Å²) in [6.07, 6.45) is 0.416. The van der Waals surface area contributed by atoms with Crippen molar-refractivity contribution in [3.05, 3.63) is 53.2 Å². The molecule has 0 fully saturated rings. The number of thioether (sulfide) groups is 1. The number of halogens is 5. The molecule has 4 rings (SSSR count). The molecule has 1 N–H and O–H groups in total. The number of pyridine rings is 1. The summed E-state index contributed by atoms with van der Waals surface area (Å²) in [5, 5.41) is 6.70. The first kappa shape index (κ1) is 23.9. The number of rotatable bonds is 4. The summed E-state index contributed by atoms with van der Waals surface area (Å²) in [5.74, 6) is 0. The van der Waals surface area contributed by atoms with Crippen LogP contribution in [-0.4, -0.2) is 32.2 Å². The molecule has 3 aromatic rings. The number of carbonyl (C=O) groups is 1. The Morgan fingerprint density at radius 3 is 2.66 bits per heavy atom. The van der Waals surface area contributed by atoms with Gasteiger partial charge in [0.1, 0.15) is 11.4 Å². The topological polar surface area (TPSA) is 72.2 Å². The zero-order valence-electron chi connectivity index (χ0n) is 17.3. The fourth-order valence-corrected chi connectivity index (χ4v) is 4.65. The number of anilines is 1. The van der Waals surface area contributed by atoms with E-state index >= 15 is 0 Å². The number of nitrogens with zero attached hydrogens (tertiary/aromatic N) is 4. The molecule has 3 aromatic heterocycles. The van der Waals surface area contributed by atoms with Crippen LogP contribution in [0.25, 0.3) is 5.65 Å². The van der Waals surface area contributed by atoms with Crippen molar-refractivity contribution in [3.8, 4) is 0 Å². The monoisotopic (exact) mass is 473 g/mol. The maximum Gasteiger partial charge on any atom is 0.433 e. The average Bonchev–Trinajstić information content (AvgIpc) is 3.26. The zero-order valence-corrected chi connectivity index (χ0v) is 18.1. The molecule has 0 bridgehead atoms. The van der Waals surface area contributed by atoms with Crippen molar-refractivity contribution < 1.29 is 26.7 Å². The minimum atomic E-state index is -4.49. The summed E-state index contributed by atoms with van der Waals surface area (Å²) < 4.78 is 63.1. The first-order chi connectivity index (χ1) is 15.0. The van der Waals surface area contributed by atoms with Gasteiger partial charge in [-0.1, -0.05) is 13.8 Å². The van der Waals surface area contributed by atoms with E-state index in [-0.39, 0.29) is 16.8 Å². The third-order valence-corrected chi connectivity index (χ3v) is 6.03. The van der Waals surface area contributed by atoms with Crippen LogP contribution in [0, 0.1) is 0 Å². The molecular formula is C20H20F5N5OS. The van der Waals surface area contributed by atoms with Gasteiger partial charge in [0, 0.05) is 22.7 Å². The van der Waals surface area contributed by atoms with Gasteiger partial charge in [0.2, 0.25) is 6.41 Å². The van der Waals surface area contributed by atoms with E-state index in [0.717, 1.165) is 29.8 Å². The van der Waals surface area contributed by atoms with E-state index in [9.17, 15) is 26.7 Å². The van der Waals surface area contributed by atoms with E-state index in [4.69, 9.17) is 0 Å². The van der Waals surface area contributed by atoms with Gasteiger partial charge < -0.3 is 5.32 Å². The molecule has 32 heavy (non-hydrogen) atoms. The Morgan fingerprint density at radius 2 is 2.06 bits per heavy atom. The van der Waals surface area contributed by atoms with Crippen molar-refractivity contribution in [1.29, 1.82) is 0 Å². The first-order valence-electron chi connectivity index (χ1n) is 9.41. The standard InChI is InChI=1S/C13H15F2N3S.C7H5F3N2O/c1-13(2)4-9(19-3)7-5-16-18-6-8(11(14)15)17-12(18)10(7)13;8-7(9,10)6-3-5(12-4-13)1-2-11-6/h5-6,9,11H,4H2,1-3H3;1-4H,(H,11,12,13). The fourth-order valence-electron chi connectivity index (χ4n) is 3.64. The van der Waals surface area contributed by atoms with Crippen molar-refractivity contribution in [3.63, 3.8) is 0 Å². The summed E-state index contributed by atoms with van der Waals surface area (Å²) >= 11 is 1.77. The van der Waals surface area contributed by atoms with Crippen LogP contribution >= 0.6 is 11.8 Å². The number of nitrogens with one attached hydrogen (secondary N) is 1. The number of alkyl halides is 5. The molecular weight excluding hydrogens is 453 g/mol. The normalized spacial score (nSPS) is 17.1. The Balaban J connectivity index is 0.000000195. The lowest BCUT2D eigenvalue weighted by atomic mass is 9.87. The van der Waals surface area contributed by atoms with Crippen molar-refractivity contribution in [1.82, 2.24) is 19.6 Å². The third-order valence-electron chi connectivity index (χ3n) is 5.04. The van der Waals surface area contributed by atoms with Gasteiger partial charge >= 0.3 is 6.18 Å². The van der Waals surface area contributed by atoms with Crippen LogP contribution in [0.5, 0.6) is 0 Å². The lowest BCUT2D eigenvalue weighted by Gasteiger charge is -2.19. The molecule has 6 nitrogen and oxygen atoms in total. The van der Waals surface area contributed by atoms with E-state index in [1.165, 1.54) is 16.8 Å². The van der Waals surface area contributed by atoms with Gasteiger partial charge in [0.15, 0.2) is 5.65 Å². The SMILES string of the molecule is CSC1CC(C)(C)c2c1cnn1cc(C(F)F)nc21.O=CNc1ccnc(C(F)(F)F)c1. The van der Waals surface area contributed by atoms with E-state index < -0.39 is 18.3 Å². The second-order valence-electron chi connectivity index (χ2n) is 7.71. The lowest BCUT2D eigenvalue weighted by molar-refractivity contribution is -0.141. The summed E-state index contributed by atoms with van der Waals surface area (Å²) in [6, 6.07) is 2.03. The van der Waals surface area contributed by atoms with Gasteiger partial charge in [-0.05, 0) is 35.8 Å². The Kier molecular flexibility index (Phi) is 6.72. The number of imidazole rings is 1. The van der Waals surface area contributed by atoms with Crippen LogP contribution < -0.4 is 5.32 Å². The van der Waals surface area contributed by atoms with E-state index in [2.05, 4.69) is 40.5 Å². The maximum absolute atomic E-state index is 12.8. The molecule has 1 amide bonds. The highest BCUT2D eigenvalue weighted by molar-refractivity contribution is 7.98. The van der Waals surface area contributed by atoms with E-state index in [1.807, 2.05) is 0 Å². The zero-order chi connectivity index (χ0) is 23.7. The lowest BCUT2D eigenvalue weighted by Crippen LogP contribution is -2.14. The van der Waals surface area contributed by atoms with Crippen molar-refractivity contribution in [2.45, 2.75) is 43.5 Å². The van der Waals surface area contributed by atoms with Crippen LogP contribution in [0.4, 0.5) is 27.6 Å². The van der Waals surface area contributed by atoms with Crippen molar-refractivity contribution in [2.24, 2.45) is 0 Å². The van der Waals surface area contributed by atoms with Gasteiger partial charge in [-0.25, -0.2) is 18.3 Å².